The third kappa shape index (κ3) is 5.68. The Morgan fingerprint density at radius 1 is 1.14 bits per heavy atom. The van der Waals surface area contributed by atoms with E-state index in [1.807, 2.05) is 29.2 Å². The number of hydrogen-bond donors (Lipinski definition) is 2. The van der Waals surface area contributed by atoms with E-state index < -0.39 is 12.1 Å². The SMILES string of the molecule is O=C(O)c1ccc(CCN2C(=O)CC[C@@H]2C=C[C@@H](O)CC2CCCCC2)cc1. The first-order chi connectivity index (χ1) is 13.5. The van der Waals surface area contributed by atoms with E-state index in [2.05, 4.69) is 0 Å². The van der Waals surface area contributed by atoms with Gasteiger partial charge in [-0.2, -0.15) is 0 Å². The summed E-state index contributed by atoms with van der Waals surface area (Å²) >= 11 is 0. The van der Waals surface area contributed by atoms with Gasteiger partial charge in [0.05, 0.1) is 17.7 Å². The standard InChI is InChI=1S/C23H31NO4/c25-21(16-18-4-2-1-3-5-18)12-10-20-11-13-22(26)24(20)15-14-17-6-8-19(9-7-17)23(27)28/h6-10,12,18,20-21,25H,1-5,11,13-16H2,(H,27,28)/t20-,21+/m0/s1. The molecule has 152 valence electrons. The number of rotatable bonds is 8. The number of amides is 1. The summed E-state index contributed by atoms with van der Waals surface area (Å²) in [6, 6.07) is 6.86. The number of likely N-dealkylation sites (tertiary alicyclic amines) is 1. The molecule has 2 aliphatic rings. The van der Waals surface area contributed by atoms with Gasteiger partial charge in [-0.25, -0.2) is 4.79 Å². The van der Waals surface area contributed by atoms with Gasteiger partial charge in [-0.15, -0.1) is 0 Å². The molecule has 0 spiro atoms. The first-order valence-corrected chi connectivity index (χ1v) is 10.5. The van der Waals surface area contributed by atoms with Crippen molar-refractivity contribution in [3.63, 3.8) is 0 Å². The third-order valence-electron chi connectivity index (χ3n) is 6.07. The number of nitrogens with zero attached hydrogens (tertiary/aromatic N) is 1. The van der Waals surface area contributed by atoms with Gasteiger partial charge in [-0.1, -0.05) is 56.4 Å². The highest BCUT2D eigenvalue weighted by Gasteiger charge is 2.28. The van der Waals surface area contributed by atoms with E-state index in [-0.39, 0.29) is 17.5 Å². The fourth-order valence-corrected chi connectivity index (χ4v) is 4.41. The van der Waals surface area contributed by atoms with Crippen molar-refractivity contribution in [2.45, 2.75) is 69.9 Å². The van der Waals surface area contributed by atoms with Gasteiger partial charge >= 0.3 is 5.97 Å². The van der Waals surface area contributed by atoms with Crippen LogP contribution < -0.4 is 0 Å². The predicted octanol–water partition coefficient (Wildman–Crippen LogP) is 3.81. The first-order valence-electron chi connectivity index (χ1n) is 10.5. The molecule has 1 aromatic rings. The fourth-order valence-electron chi connectivity index (χ4n) is 4.41. The van der Waals surface area contributed by atoms with Crippen LogP contribution in [0.5, 0.6) is 0 Å². The van der Waals surface area contributed by atoms with Gasteiger partial charge in [0.1, 0.15) is 0 Å². The molecule has 1 aliphatic heterocycles. The number of carbonyl (C=O) groups is 2. The zero-order chi connectivity index (χ0) is 19.9. The van der Waals surface area contributed by atoms with Crippen LogP contribution in [0.25, 0.3) is 0 Å². The van der Waals surface area contributed by atoms with E-state index in [1.54, 1.807) is 12.1 Å². The lowest BCUT2D eigenvalue weighted by atomic mass is 9.85. The summed E-state index contributed by atoms with van der Waals surface area (Å²) < 4.78 is 0. The Morgan fingerprint density at radius 2 is 1.86 bits per heavy atom. The third-order valence-corrected chi connectivity index (χ3v) is 6.07. The number of carboxylic acids is 1. The summed E-state index contributed by atoms with van der Waals surface area (Å²) in [7, 11) is 0. The molecule has 2 atom stereocenters. The van der Waals surface area contributed by atoms with Crippen molar-refractivity contribution in [3.8, 4) is 0 Å². The monoisotopic (exact) mass is 385 g/mol. The highest BCUT2D eigenvalue weighted by Crippen LogP contribution is 2.28. The Hall–Kier alpha value is -2.14. The van der Waals surface area contributed by atoms with Gasteiger partial charge in [0.25, 0.3) is 0 Å². The number of carbonyl (C=O) groups excluding carboxylic acids is 1. The Kier molecular flexibility index (Phi) is 7.26. The van der Waals surface area contributed by atoms with Crippen molar-refractivity contribution in [2.75, 3.05) is 6.54 Å². The lowest BCUT2D eigenvalue weighted by Crippen LogP contribution is -2.33. The van der Waals surface area contributed by atoms with Gasteiger partial charge in [-0.3, -0.25) is 4.79 Å². The molecule has 3 rings (SSSR count). The molecule has 5 heteroatoms. The summed E-state index contributed by atoms with van der Waals surface area (Å²) in [4.78, 5) is 25.1. The molecule has 2 N–H and O–H groups in total. The Labute approximate surface area is 167 Å². The zero-order valence-electron chi connectivity index (χ0n) is 16.4. The van der Waals surface area contributed by atoms with Crippen molar-refractivity contribution < 1.29 is 19.8 Å². The smallest absolute Gasteiger partial charge is 0.335 e. The minimum atomic E-state index is -0.932. The normalized spacial score (nSPS) is 22.1. The molecular formula is C23H31NO4. The molecular weight excluding hydrogens is 354 g/mol. The topological polar surface area (TPSA) is 77.8 Å². The molecule has 2 fully saturated rings. The molecule has 1 aromatic carbocycles. The van der Waals surface area contributed by atoms with Crippen LogP contribution in [0.3, 0.4) is 0 Å². The summed E-state index contributed by atoms with van der Waals surface area (Å²) in [6.07, 6.45) is 12.6. The number of hydrogen-bond acceptors (Lipinski definition) is 3. The lowest BCUT2D eigenvalue weighted by Gasteiger charge is -2.24. The van der Waals surface area contributed by atoms with Crippen LogP contribution in [0.4, 0.5) is 0 Å². The fraction of sp³-hybridized carbons (Fsp3) is 0.565. The van der Waals surface area contributed by atoms with Crippen LogP contribution in [0.2, 0.25) is 0 Å². The molecule has 1 saturated heterocycles. The summed E-state index contributed by atoms with van der Waals surface area (Å²) in [5.74, 6) is -0.152. The van der Waals surface area contributed by atoms with Crippen LogP contribution in [0.1, 0.15) is 67.3 Å². The van der Waals surface area contributed by atoms with Gasteiger partial charge in [0, 0.05) is 13.0 Å². The molecule has 5 nitrogen and oxygen atoms in total. The summed E-state index contributed by atoms with van der Waals surface area (Å²) in [5, 5.41) is 19.3. The second-order valence-electron chi connectivity index (χ2n) is 8.14. The van der Waals surface area contributed by atoms with Gasteiger partial charge in [0.2, 0.25) is 5.91 Å². The second kappa shape index (κ2) is 9.87. The number of benzene rings is 1. The minimum Gasteiger partial charge on any atom is -0.478 e. The molecule has 28 heavy (non-hydrogen) atoms. The molecule has 0 unspecified atom stereocenters. The molecule has 0 bridgehead atoms. The zero-order valence-corrected chi connectivity index (χ0v) is 16.4. The quantitative estimate of drug-likeness (QED) is 0.667. The average Bonchev–Trinajstić information content (AvgIpc) is 3.05. The van der Waals surface area contributed by atoms with Crippen LogP contribution in [-0.4, -0.2) is 45.7 Å². The van der Waals surface area contributed by atoms with E-state index in [0.717, 1.165) is 18.4 Å². The van der Waals surface area contributed by atoms with E-state index in [1.165, 1.54) is 32.1 Å². The number of aliphatic hydroxyl groups excluding tert-OH is 1. The average molecular weight is 386 g/mol. The van der Waals surface area contributed by atoms with Crippen LogP contribution in [0.15, 0.2) is 36.4 Å². The van der Waals surface area contributed by atoms with Crippen LogP contribution >= 0.6 is 0 Å². The van der Waals surface area contributed by atoms with Crippen molar-refractivity contribution in [3.05, 3.63) is 47.5 Å². The van der Waals surface area contributed by atoms with Crippen molar-refractivity contribution in [2.24, 2.45) is 5.92 Å². The van der Waals surface area contributed by atoms with Crippen molar-refractivity contribution in [1.82, 2.24) is 4.90 Å². The first kappa shape index (κ1) is 20.6. The molecule has 0 aromatic heterocycles. The molecule has 1 saturated carbocycles. The van der Waals surface area contributed by atoms with E-state index in [0.29, 0.717) is 25.3 Å². The van der Waals surface area contributed by atoms with E-state index >= 15 is 0 Å². The van der Waals surface area contributed by atoms with Gasteiger partial charge in [-0.05, 0) is 42.9 Å². The van der Waals surface area contributed by atoms with Crippen molar-refractivity contribution in [1.29, 1.82) is 0 Å². The Bertz CT molecular complexity index is 691. The predicted molar refractivity (Wildman–Crippen MR) is 108 cm³/mol. The molecule has 1 heterocycles. The summed E-state index contributed by atoms with van der Waals surface area (Å²) in [6.45, 7) is 0.610. The Balaban J connectivity index is 1.51. The van der Waals surface area contributed by atoms with E-state index in [9.17, 15) is 14.7 Å². The molecule has 1 aliphatic carbocycles. The number of aromatic carboxylic acids is 1. The molecule has 0 radical (unpaired) electrons. The van der Waals surface area contributed by atoms with Gasteiger partial charge in [0.15, 0.2) is 0 Å². The minimum absolute atomic E-state index is 0.0480. The second-order valence-corrected chi connectivity index (χ2v) is 8.14. The molecule has 1 amide bonds. The maximum atomic E-state index is 12.3. The highest BCUT2D eigenvalue weighted by molar-refractivity contribution is 5.87. The summed E-state index contributed by atoms with van der Waals surface area (Å²) in [5.41, 5.74) is 1.29. The van der Waals surface area contributed by atoms with Crippen molar-refractivity contribution >= 4 is 11.9 Å². The van der Waals surface area contributed by atoms with E-state index in [4.69, 9.17) is 5.11 Å². The highest BCUT2D eigenvalue weighted by atomic mass is 16.4. The van der Waals surface area contributed by atoms with Gasteiger partial charge < -0.3 is 15.1 Å². The van der Waals surface area contributed by atoms with Crippen LogP contribution in [0, 0.1) is 5.92 Å². The lowest BCUT2D eigenvalue weighted by molar-refractivity contribution is -0.128. The number of aliphatic hydroxyl groups is 1. The maximum Gasteiger partial charge on any atom is 0.335 e. The number of carboxylic acid groups (broad SMARTS) is 1. The largest absolute Gasteiger partial charge is 0.478 e. The Morgan fingerprint density at radius 3 is 2.54 bits per heavy atom. The van der Waals surface area contributed by atoms with Crippen LogP contribution in [-0.2, 0) is 11.2 Å². The maximum absolute atomic E-state index is 12.3.